The van der Waals surface area contributed by atoms with Crippen LogP contribution in [0.3, 0.4) is 0 Å². The van der Waals surface area contributed by atoms with Gasteiger partial charge in [-0.05, 0) is 49.1 Å². The van der Waals surface area contributed by atoms with Crippen molar-refractivity contribution >= 4 is 22.9 Å². The maximum atomic E-state index is 11.7. The molecule has 4 heteroatoms. The fourth-order valence-corrected chi connectivity index (χ4v) is 2.91. The molecular formula is C16H20N2OS. The molecule has 1 aromatic heterocycles. The van der Waals surface area contributed by atoms with E-state index in [1.165, 1.54) is 4.88 Å². The van der Waals surface area contributed by atoms with Crippen LogP contribution in [0.25, 0.3) is 0 Å². The molecule has 1 unspecified atom stereocenters. The van der Waals surface area contributed by atoms with Crippen molar-refractivity contribution in [1.29, 1.82) is 0 Å². The monoisotopic (exact) mass is 288 g/mol. The Labute approximate surface area is 124 Å². The zero-order valence-electron chi connectivity index (χ0n) is 11.8. The summed E-state index contributed by atoms with van der Waals surface area (Å²) in [6.45, 7) is 4.73. The molecule has 0 bridgehead atoms. The number of rotatable bonds is 6. The van der Waals surface area contributed by atoms with Gasteiger partial charge in [-0.25, -0.2) is 0 Å². The molecule has 0 aliphatic carbocycles. The van der Waals surface area contributed by atoms with Crippen molar-refractivity contribution < 1.29 is 4.79 Å². The summed E-state index contributed by atoms with van der Waals surface area (Å²) in [6, 6.07) is 12.2. The number of anilines is 1. The highest BCUT2D eigenvalue weighted by molar-refractivity contribution is 7.10. The lowest BCUT2D eigenvalue weighted by Crippen LogP contribution is -2.22. The lowest BCUT2D eigenvalue weighted by atomic mass is 10.1. The largest absolute Gasteiger partial charge is 0.377 e. The molecule has 1 heterocycles. The Balaban J connectivity index is 2.04. The number of hydrogen-bond acceptors (Lipinski definition) is 3. The average Bonchev–Trinajstić information content (AvgIpc) is 2.99. The number of amides is 1. The van der Waals surface area contributed by atoms with Gasteiger partial charge >= 0.3 is 0 Å². The number of benzene rings is 1. The second kappa shape index (κ2) is 7.10. The first kappa shape index (κ1) is 14.6. The molecule has 2 rings (SSSR count). The summed E-state index contributed by atoms with van der Waals surface area (Å²) in [4.78, 5) is 13.0. The third kappa shape index (κ3) is 3.61. The first-order valence-corrected chi connectivity index (χ1v) is 7.80. The van der Waals surface area contributed by atoms with Crippen molar-refractivity contribution in [3.05, 3.63) is 52.2 Å². The summed E-state index contributed by atoms with van der Waals surface area (Å²) < 4.78 is 0. The average molecular weight is 288 g/mol. The number of thiophene rings is 1. The van der Waals surface area contributed by atoms with Crippen molar-refractivity contribution in [1.82, 2.24) is 5.32 Å². The third-order valence-corrected chi connectivity index (χ3v) is 4.11. The van der Waals surface area contributed by atoms with Crippen LogP contribution in [0.2, 0.25) is 0 Å². The van der Waals surface area contributed by atoms with E-state index in [2.05, 4.69) is 35.1 Å². The second-order valence-electron chi connectivity index (χ2n) is 4.56. The Morgan fingerprint density at radius 2 is 1.95 bits per heavy atom. The van der Waals surface area contributed by atoms with Gasteiger partial charge in [-0.1, -0.05) is 13.0 Å². The number of nitrogens with one attached hydrogen (secondary N) is 2. The summed E-state index contributed by atoms with van der Waals surface area (Å²) in [5, 5.41) is 8.40. The van der Waals surface area contributed by atoms with Crippen LogP contribution in [-0.4, -0.2) is 12.5 Å². The Kier molecular flexibility index (Phi) is 5.18. The lowest BCUT2D eigenvalue weighted by Gasteiger charge is -2.17. The van der Waals surface area contributed by atoms with Crippen LogP contribution in [0.5, 0.6) is 0 Å². The lowest BCUT2D eigenvalue weighted by molar-refractivity contribution is 0.0956. The van der Waals surface area contributed by atoms with Crippen LogP contribution in [0, 0.1) is 0 Å². The van der Waals surface area contributed by atoms with Gasteiger partial charge in [0, 0.05) is 22.7 Å². The van der Waals surface area contributed by atoms with E-state index < -0.39 is 0 Å². The molecule has 0 fully saturated rings. The van der Waals surface area contributed by atoms with Crippen LogP contribution in [0.4, 0.5) is 5.69 Å². The van der Waals surface area contributed by atoms with Crippen LogP contribution >= 0.6 is 11.3 Å². The van der Waals surface area contributed by atoms with Crippen LogP contribution < -0.4 is 10.6 Å². The van der Waals surface area contributed by atoms with Gasteiger partial charge in [0.1, 0.15) is 0 Å². The molecule has 106 valence electrons. The molecule has 1 amide bonds. The minimum atomic E-state index is -0.0238. The highest BCUT2D eigenvalue weighted by atomic mass is 32.1. The van der Waals surface area contributed by atoms with Gasteiger partial charge < -0.3 is 10.6 Å². The molecule has 2 aromatic rings. The van der Waals surface area contributed by atoms with Crippen LogP contribution in [0.15, 0.2) is 41.8 Å². The van der Waals surface area contributed by atoms with Gasteiger partial charge in [-0.2, -0.15) is 0 Å². The van der Waals surface area contributed by atoms with E-state index in [9.17, 15) is 4.79 Å². The van der Waals surface area contributed by atoms with E-state index in [-0.39, 0.29) is 5.91 Å². The van der Waals surface area contributed by atoms with Crippen LogP contribution in [-0.2, 0) is 0 Å². The maximum Gasteiger partial charge on any atom is 0.251 e. The smallest absolute Gasteiger partial charge is 0.251 e. The molecule has 1 atom stereocenters. The topological polar surface area (TPSA) is 41.1 Å². The number of carbonyl (C=O) groups is 1. The maximum absolute atomic E-state index is 11.7. The molecule has 0 radical (unpaired) electrons. The Bertz CT molecular complexity index is 534. The number of carbonyl (C=O) groups excluding carboxylic acids is 1. The first-order valence-electron chi connectivity index (χ1n) is 6.92. The molecule has 0 aliphatic rings. The molecule has 0 saturated carbocycles. The quantitative estimate of drug-likeness (QED) is 0.841. The van der Waals surface area contributed by atoms with Gasteiger partial charge in [0.2, 0.25) is 0 Å². The molecule has 2 N–H and O–H groups in total. The fraction of sp³-hybridized carbons (Fsp3) is 0.312. The van der Waals surface area contributed by atoms with E-state index in [0.29, 0.717) is 18.2 Å². The third-order valence-electron chi connectivity index (χ3n) is 3.12. The van der Waals surface area contributed by atoms with Gasteiger partial charge in [0.15, 0.2) is 0 Å². The van der Waals surface area contributed by atoms with E-state index in [1.54, 1.807) is 11.3 Å². The Hall–Kier alpha value is -1.81. The molecular weight excluding hydrogens is 268 g/mol. The predicted octanol–water partition coefficient (Wildman–Crippen LogP) is 4.06. The van der Waals surface area contributed by atoms with E-state index >= 15 is 0 Å². The van der Waals surface area contributed by atoms with E-state index in [0.717, 1.165) is 12.1 Å². The SMILES string of the molecule is CCNC(=O)c1ccc(NC(CC)c2cccs2)cc1. The standard InChI is InChI=1S/C16H20N2OS/c1-3-14(15-6-5-11-20-15)18-13-9-7-12(8-10-13)16(19)17-4-2/h5-11,14,18H,3-4H2,1-2H3,(H,17,19). The molecule has 0 aliphatic heterocycles. The highest BCUT2D eigenvalue weighted by Gasteiger charge is 2.10. The van der Waals surface area contributed by atoms with Crippen molar-refractivity contribution in [2.45, 2.75) is 26.3 Å². The normalized spacial score (nSPS) is 11.9. The fourth-order valence-electron chi connectivity index (χ4n) is 2.05. The summed E-state index contributed by atoms with van der Waals surface area (Å²) in [5.41, 5.74) is 1.74. The molecule has 3 nitrogen and oxygen atoms in total. The zero-order chi connectivity index (χ0) is 14.4. The van der Waals surface area contributed by atoms with Gasteiger partial charge in [-0.15, -0.1) is 11.3 Å². The van der Waals surface area contributed by atoms with Gasteiger partial charge in [0.25, 0.3) is 5.91 Å². The predicted molar refractivity (Wildman–Crippen MR) is 85.4 cm³/mol. The molecule has 20 heavy (non-hydrogen) atoms. The molecule has 1 aromatic carbocycles. The second-order valence-corrected chi connectivity index (χ2v) is 5.54. The Morgan fingerprint density at radius 1 is 1.20 bits per heavy atom. The molecule has 0 spiro atoms. The summed E-state index contributed by atoms with van der Waals surface area (Å²) in [7, 11) is 0. The van der Waals surface area contributed by atoms with Crippen molar-refractivity contribution in [2.75, 3.05) is 11.9 Å². The zero-order valence-corrected chi connectivity index (χ0v) is 12.7. The van der Waals surface area contributed by atoms with Crippen molar-refractivity contribution in [3.8, 4) is 0 Å². The van der Waals surface area contributed by atoms with Crippen molar-refractivity contribution in [3.63, 3.8) is 0 Å². The van der Waals surface area contributed by atoms with Crippen molar-refractivity contribution in [2.24, 2.45) is 0 Å². The minimum absolute atomic E-state index is 0.0238. The summed E-state index contributed by atoms with van der Waals surface area (Å²) in [6.07, 6.45) is 1.03. The minimum Gasteiger partial charge on any atom is -0.377 e. The van der Waals surface area contributed by atoms with Gasteiger partial charge in [0.05, 0.1) is 6.04 Å². The first-order chi connectivity index (χ1) is 9.74. The summed E-state index contributed by atoms with van der Waals surface area (Å²) in [5.74, 6) is -0.0238. The summed E-state index contributed by atoms with van der Waals surface area (Å²) >= 11 is 1.76. The Morgan fingerprint density at radius 3 is 2.50 bits per heavy atom. The van der Waals surface area contributed by atoms with Crippen LogP contribution in [0.1, 0.15) is 41.5 Å². The van der Waals surface area contributed by atoms with E-state index in [4.69, 9.17) is 0 Å². The highest BCUT2D eigenvalue weighted by Crippen LogP contribution is 2.26. The molecule has 0 saturated heterocycles. The van der Waals surface area contributed by atoms with E-state index in [1.807, 2.05) is 31.2 Å². The van der Waals surface area contributed by atoms with Gasteiger partial charge in [-0.3, -0.25) is 4.79 Å². The number of hydrogen-bond donors (Lipinski definition) is 2.